The normalized spacial score (nSPS) is 11.9. The molecule has 0 radical (unpaired) electrons. The molecule has 0 unspecified atom stereocenters. The van der Waals surface area contributed by atoms with Gasteiger partial charge in [0, 0.05) is 0 Å². The SMILES string of the molecule is CCOC(=O)C(Cl)=C(Cl)c1ccccc1. The van der Waals surface area contributed by atoms with E-state index in [-0.39, 0.29) is 16.7 Å². The highest BCUT2D eigenvalue weighted by Crippen LogP contribution is 2.25. The number of hydrogen-bond acceptors (Lipinski definition) is 2. The van der Waals surface area contributed by atoms with E-state index in [2.05, 4.69) is 0 Å². The summed E-state index contributed by atoms with van der Waals surface area (Å²) in [5.41, 5.74) is 0.692. The molecule has 1 aromatic rings. The van der Waals surface area contributed by atoms with E-state index < -0.39 is 5.97 Å². The lowest BCUT2D eigenvalue weighted by Crippen LogP contribution is -2.04. The molecule has 0 aliphatic rings. The number of benzene rings is 1. The van der Waals surface area contributed by atoms with Crippen molar-refractivity contribution < 1.29 is 9.53 Å². The lowest BCUT2D eigenvalue weighted by molar-refractivity contribution is -0.137. The van der Waals surface area contributed by atoms with Gasteiger partial charge in [0.25, 0.3) is 0 Å². The third-order valence-corrected chi connectivity index (χ3v) is 2.52. The van der Waals surface area contributed by atoms with Crippen LogP contribution < -0.4 is 0 Å². The molecular weight excluding hydrogens is 235 g/mol. The topological polar surface area (TPSA) is 26.3 Å². The zero-order chi connectivity index (χ0) is 11.3. The minimum atomic E-state index is -0.604. The highest BCUT2D eigenvalue weighted by molar-refractivity contribution is 6.59. The van der Waals surface area contributed by atoms with Crippen molar-refractivity contribution in [3.05, 3.63) is 40.9 Å². The van der Waals surface area contributed by atoms with Crippen LogP contribution in [0.2, 0.25) is 0 Å². The molecule has 0 bridgehead atoms. The Morgan fingerprint density at radius 2 is 1.87 bits per heavy atom. The van der Waals surface area contributed by atoms with Crippen molar-refractivity contribution in [2.45, 2.75) is 6.92 Å². The van der Waals surface area contributed by atoms with Crippen LogP contribution in [0.15, 0.2) is 35.4 Å². The van der Waals surface area contributed by atoms with Crippen LogP contribution in [-0.4, -0.2) is 12.6 Å². The lowest BCUT2D eigenvalue weighted by Gasteiger charge is -2.03. The zero-order valence-corrected chi connectivity index (χ0v) is 9.68. The van der Waals surface area contributed by atoms with E-state index in [1.165, 1.54) is 0 Å². The average Bonchev–Trinajstić information content (AvgIpc) is 2.28. The second-order valence-electron chi connectivity index (χ2n) is 2.71. The smallest absolute Gasteiger partial charge is 0.351 e. The highest BCUT2D eigenvalue weighted by Gasteiger charge is 2.13. The minimum absolute atomic E-state index is 0.0929. The van der Waals surface area contributed by atoms with Gasteiger partial charge in [0.2, 0.25) is 0 Å². The van der Waals surface area contributed by atoms with E-state index in [9.17, 15) is 4.79 Å². The van der Waals surface area contributed by atoms with Crippen molar-refractivity contribution in [2.75, 3.05) is 6.61 Å². The first-order chi connectivity index (χ1) is 7.16. The summed E-state index contributed by atoms with van der Waals surface area (Å²) in [7, 11) is 0. The molecule has 4 heteroatoms. The largest absolute Gasteiger partial charge is 0.462 e. The fourth-order valence-electron chi connectivity index (χ4n) is 0.995. The molecule has 1 aromatic carbocycles. The molecular formula is C11H10Cl2O2. The molecule has 80 valence electrons. The number of halogens is 2. The summed E-state index contributed by atoms with van der Waals surface area (Å²) in [5.74, 6) is -0.604. The summed E-state index contributed by atoms with van der Waals surface area (Å²) >= 11 is 11.7. The molecule has 0 amide bonds. The van der Waals surface area contributed by atoms with Gasteiger partial charge in [-0.3, -0.25) is 0 Å². The van der Waals surface area contributed by atoms with Gasteiger partial charge in [0.1, 0.15) is 5.03 Å². The minimum Gasteiger partial charge on any atom is -0.462 e. The van der Waals surface area contributed by atoms with E-state index in [1.54, 1.807) is 19.1 Å². The average molecular weight is 245 g/mol. The molecule has 0 aliphatic carbocycles. The molecule has 0 saturated heterocycles. The quantitative estimate of drug-likeness (QED) is 0.602. The van der Waals surface area contributed by atoms with Gasteiger partial charge < -0.3 is 4.74 Å². The number of rotatable bonds is 3. The highest BCUT2D eigenvalue weighted by atomic mass is 35.5. The van der Waals surface area contributed by atoms with Crippen molar-refractivity contribution in [1.82, 2.24) is 0 Å². The van der Waals surface area contributed by atoms with Crippen molar-refractivity contribution in [2.24, 2.45) is 0 Å². The van der Waals surface area contributed by atoms with Gasteiger partial charge in [0.05, 0.1) is 11.6 Å². The Bertz CT molecular complexity index is 371. The maximum absolute atomic E-state index is 11.3. The molecule has 0 heterocycles. The number of carbonyl (C=O) groups is 1. The number of ether oxygens (including phenoxy) is 1. The zero-order valence-electron chi connectivity index (χ0n) is 8.17. The second kappa shape index (κ2) is 5.79. The summed E-state index contributed by atoms with van der Waals surface area (Å²) in [6.07, 6.45) is 0. The summed E-state index contributed by atoms with van der Waals surface area (Å²) < 4.78 is 4.73. The molecule has 15 heavy (non-hydrogen) atoms. The number of carbonyl (C=O) groups excluding carboxylic acids is 1. The first kappa shape index (κ1) is 12.1. The van der Waals surface area contributed by atoms with Gasteiger partial charge in [-0.2, -0.15) is 0 Å². The van der Waals surface area contributed by atoms with Gasteiger partial charge >= 0.3 is 5.97 Å². The molecule has 0 N–H and O–H groups in total. The predicted octanol–water partition coefficient (Wildman–Crippen LogP) is 3.40. The van der Waals surface area contributed by atoms with Gasteiger partial charge in [0.15, 0.2) is 0 Å². The van der Waals surface area contributed by atoms with E-state index in [0.717, 1.165) is 0 Å². The summed E-state index contributed by atoms with van der Waals surface area (Å²) in [5, 5.41) is 0.112. The second-order valence-corrected chi connectivity index (χ2v) is 3.47. The third kappa shape index (κ3) is 3.26. The van der Waals surface area contributed by atoms with Crippen LogP contribution in [0, 0.1) is 0 Å². The Balaban J connectivity index is 2.95. The Morgan fingerprint density at radius 1 is 1.27 bits per heavy atom. The Morgan fingerprint density at radius 3 is 2.40 bits per heavy atom. The Hall–Kier alpha value is -0.990. The van der Waals surface area contributed by atoms with Gasteiger partial charge in [-0.1, -0.05) is 53.5 Å². The van der Waals surface area contributed by atoms with Crippen molar-refractivity contribution in [3.63, 3.8) is 0 Å². The van der Waals surface area contributed by atoms with Crippen LogP contribution in [-0.2, 0) is 9.53 Å². The van der Waals surface area contributed by atoms with Crippen LogP contribution in [0.25, 0.3) is 5.03 Å². The summed E-state index contributed by atoms with van der Waals surface area (Å²) in [4.78, 5) is 11.3. The number of esters is 1. The van der Waals surface area contributed by atoms with Gasteiger partial charge in [-0.05, 0) is 12.5 Å². The summed E-state index contributed by atoms with van der Waals surface area (Å²) in [6.45, 7) is 1.98. The van der Waals surface area contributed by atoms with E-state index in [1.807, 2.05) is 18.2 Å². The molecule has 0 spiro atoms. The third-order valence-electron chi connectivity index (χ3n) is 1.67. The van der Waals surface area contributed by atoms with E-state index >= 15 is 0 Å². The van der Waals surface area contributed by atoms with Crippen molar-refractivity contribution in [3.8, 4) is 0 Å². The van der Waals surface area contributed by atoms with E-state index in [0.29, 0.717) is 5.56 Å². The molecule has 0 atom stereocenters. The summed E-state index contributed by atoms with van der Waals surface area (Å²) in [6, 6.07) is 9.01. The van der Waals surface area contributed by atoms with Crippen LogP contribution >= 0.6 is 23.2 Å². The maximum atomic E-state index is 11.3. The molecule has 0 fully saturated rings. The first-order valence-corrected chi connectivity index (χ1v) is 5.20. The Labute approximate surface area is 98.4 Å². The van der Waals surface area contributed by atoms with Crippen LogP contribution in [0.5, 0.6) is 0 Å². The van der Waals surface area contributed by atoms with E-state index in [4.69, 9.17) is 27.9 Å². The van der Waals surface area contributed by atoms with Crippen molar-refractivity contribution >= 4 is 34.2 Å². The van der Waals surface area contributed by atoms with Gasteiger partial charge in [-0.15, -0.1) is 0 Å². The Kier molecular flexibility index (Phi) is 4.66. The molecule has 0 saturated carbocycles. The molecule has 1 rings (SSSR count). The lowest BCUT2D eigenvalue weighted by atomic mass is 10.2. The first-order valence-electron chi connectivity index (χ1n) is 4.44. The fourth-order valence-corrected chi connectivity index (χ4v) is 1.36. The number of hydrogen-bond donors (Lipinski definition) is 0. The molecule has 2 nitrogen and oxygen atoms in total. The standard InChI is InChI=1S/C11H10Cl2O2/c1-2-15-11(14)10(13)9(12)8-6-4-3-5-7-8/h3-7H,2H2,1H3. The maximum Gasteiger partial charge on any atom is 0.351 e. The molecule has 0 aliphatic heterocycles. The molecule has 0 aromatic heterocycles. The van der Waals surface area contributed by atoms with Crippen LogP contribution in [0.4, 0.5) is 0 Å². The predicted molar refractivity (Wildman–Crippen MR) is 61.7 cm³/mol. The fraction of sp³-hybridized carbons (Fsp3) is 0.182. The van der Waals surface area contributed by atoms with Crippen molar-refractivity contribution in [1.29, 1.82) is 0 Å². The monoisotopic (exact) mass is 244 g/mol. The van der Waals surface area contributed by atoms with Crippen LogP contribution in [0.1, 0.15) is 12.5 Å². The van der Waals surface area contributed by atoms with Gasteiger partial charge in [-0.25, -0.2) is 4.79 Å². The van der Waals surface area contributed by atoms with Crippen LogP contribution in [0.3, 0.4) is 0 Å².